The van der Waals surface area contributed by atoms with Crippen LogP contribution >= 0.6 is 0 Å². The second-order valence-electron chi connectivity index (χ2n) is 7.41. The van der Waals surface area contributed by atoms with Gasteiger partial charge in [-0.25, -0.2) is 9.97 Å². The summed E-state index contributed by atoms with van der Waals surface area (Å²) in [4.78, 5) is 13.9. The molecule has 0 radical (unpaired) electrons. The lowest BCUT2D eigenvalue weighted by Crippen LogP contribution is -2.42. The summed E-state index contributed by atoms with van der Waals surface area (Å²) in [6, 6.07) is 14.9. The van der Waals surface area contributed by atoms with E-state index in [1.165, 1.54) is 0 Å². The molecule has 1 unspecified atom stereocenters. The Morgan fingerprint density at radius 3 is 2.63 bits per heavy atom. The summed E-state index contributed by atoms with van der Waals surface area (Å²) in [6.07, 6.45) is 2.00. The molecule has 0 fully saturated rings. The van der Waals surface area contributed by atoms with E-state index in [1.54, 1.807) is 0 Å². The Balaban J connectivity index is 1.77. The molecule has 4 heterocycles. The topological polar surface area (TPSA) is 45.4 Å². The number of hydrogen-bond acceptors (Lipinski definition) is 5. The van der Waals surface area contributed by atoms with Crippen LogP contribution in [-0.2, 0) is 0 Å². The number of furan rings is 1. The first-order chi connectivity index (χ1) is 13.1. The Kier molecular flexibility index (Phi) is 3.41. The zero-order valence-electron chi connectivity index (χ0n) is 16.0. The van der Waals surface area contributed by atoms with Gasteiger partial charge in [-0.15, -0.1) is 0 Å². The number of fused-ring (bicyclic) bond motifs is 4. The summed E-state index contributed by atoms with van der Waals surface area (Å²) in [5, 5.41) is 2.13. The van der Waals surface area contributed by atoms with Crippen LogP contribution in [0.3, 0.4) is 0 Å². The first-order valence-electron chi connectivity index (χ1n) is 9.37. The van der Waals surface area contributed by atoms with Crippen LogP contribution in [0.2, 0.25) is 0 Å². The molecular formula is C22H22N4O. The quantitative estimate of drug-likeness (QED) is 0.480. The number of hydrogen-bond donors (Lipinski definition) is 0. The Morgan fingerprint density at radius 2 is 1.81 bits per heavy atom. The molecule has 5 rings (SSSR count). The van der Waals surface area contributed by atoms with E-state index >= 15 is 0 Å². The summed E-state index contributed by atoms with van der Waals surface area (Å²) in [7, 11) is 0. The number of anilines is 3. The lowest BCUT2D eigenvalue weighted by Gasteiger charge is -2.32. The summed E-state index contributed by atoms with van der Waals surface area (Å²) in [5.74, 6) is 0.968. The lowest BCUT2D eigenvalue weighted by atomic mass is 10.1. The number of rotatable bonds is 2. The number of pyridine rings is 2. The van der Waals surface area contributed by atoms with Gasteiger partial charge < -0.3 is 14.2 Å². The van der Waals surface area contributed by atoms with Crippen molar-refractivity contribution in [2.75, 3.05) is 9.80 Å². The summed E-state index contributed by atoms with van der Waals surface area (Å²) in [6.45, 7) is 8.62. The maximum absolute atomic E-state index is 6.24. The van der Waals surface area contributed by atoms with Crippen LogP contribution in [0.25, 0.3) is 22.1 Å². The minimum absolute atomic E-state index is 0.142. The molecule has 5 nitrogen and oxygen atoms in total. The van der Waals surface area contributed by atoms with Gasteiger partial charge in [0.1, 0.15) is 6.17 Å². The Labute approximate surface area is 158 Å². The summed E-state index contributed by atoms with van der Waals surface area (Å²) >= 11 is 0. The van der Waals surface area contributed by atoms with E-state index in [1.807, 2.05) is 25.3 Å². The molecule has 1 aliphatic heterocycles. The number of nitrogens with zero attached hydrogens (tertiary/aromatic N) is 4. The second kappa shape index (κ2) is 5.71. The average Bonchev–Trinajstić information content (AvgIpc) is 3.15. The molecule has 0 saturated carbocycles. The molecule has 4 aromatic rings. The van der Waals surface area contributed by atoms with Crippen LogP contribution < -0.4 is 9.80 Å². The summed E-state index contributed by atoms with van der Waals surface area (Å²) < 4.78 is 6.24. The van der Waals surface area contributed by atoms with Crippen molar-refractivity contribution >= 4 is 39.3 Å². The predicted octanol–water partition coefficient (Wildman–Crippen LogP) is 5.40. The van der Waals surface area contributed by atoms with Gasteiger partial charge in [-0.3, -0.25) is 0 Å². The Hall–Kier alpha value is -3.08. The molecule has 3 aromatic heterocycles. The number of aromatic nitrogens is 2. The third-order valence-electron chi connectivity index (χ3n) is 5.35. The molecule has 1 aliphatic rings. The number of para-hydroxylation sites is 1. The van der Waals surface area contributed by atoms with E-state index < -0.39 is 0 Å². The van der Waals surface area contributed by atoms with Gasteiger partial charge in [0.15, 0.2) is 11.4 Å². The third-order valence-corrected chi connectivity index (χ3v) is 5.35. The van der Waals surface area contributed by atoms with Crippen molar-refractivity contribution in [2.45, 2.75) is 39.9 Å². The minimum atomic E-state index is 0.142. The van der Waals surface area contributed by atoms with Crippen molar-refractivity contribution in [2.24, 2.45) is 0 Å². The van der Waals surface area contributed by atoms with Crippen LogP contribution in [-0.4, -0.2) is 22.2 Å². The van der Waals surface area contributed by atoms with Crippen molar-refractivity contribution in [1.29, 1.82) is 0 Å². The van der Waals surface area contributed by atoms with Crippen LogP contribution in [0, 0.1) is 6.92 Å². The number of benzene rings is 1. The summed E-state index contributed by atoms with van der Waals surface area (Å²) in [5.41, 5.74) is 4.68. The zero-order chi connectivity index (χ0) is 18.7. The highest BCUT2D eigenvalue weighted by Gasteiger charge is 2.37. The fourth-order valence-electron chi connectivity index (χ4n) is 4.25. The molecule has 27 heavy (non-hydrogen) atoms. The van der Waals surface area contributed by atoms with Crippen molar-refractivity contribution in [3.63, 3.8) is 0 Å². The highest BCUT2D eigenvalue weighted by Crippen LogP contribution is 2.46. The van der Waals surface area contributed by atoms with Gasteiger partial charge >= 0.3 is 0 Å². The molecule has 1 atom stereocenters. The number of aryl methyl sites for hydroxylation is 1. The fraction of sp³-hybridized carbons (Fsp3) is 0.273. The molecule has 0 N–H and O–H groups in total. The van der Waals surface area contributed by atoms with Gasteiger partial charge in [-0.1, -0.05) is 12.1 Å². The normalized spacial score (nSPS) is 16.7. The first-order valence-corrected chi connectivity index (χ1v) is 9.37. The SMILES string of the molecule is Cc1ccc2c(n1)oc1c(N3c4ncccc4N(C(C)C)C3C)cccc12. The Morgan fingerprint density at radius 1 is 1.00 bits per heavy atom. The maximum Gasteiger partial charge on any atom is 0.227 e. The lowest BCUT2D eigenvalue weighted by molar-refractivity contribution is 0.601. The van der Waals surface area contributed by atoms with Gasteiger partial charge in [-0.05, 0) is 58.0 Å². The fourth-order valence-corrected chi connectivity index (χ4v) is 4.25. The minimum Gasteiger partial charge on any atom is -0.435 e. The van der Waals surface area contributed by atoms with Crippen molar-refractivity contribution in [1.82, 2.24) is 9.97 Å². The Bertz CT molecular complexity index is 1160. The van der Waals surface area contributed by atoms with Crippen LogP contribution in [0.15, 0.2) is 53.1 Å². The van der Waals surface area contributed by atoms with Crippen molar-refractivity contribution < 1.29 is 4.42 Å². The predicted molar refractivity (Wildman–Crippen MR) is 110 cm³/mol. The third kappa shape index (κ3) is 2.24. The van der Waals surface area contributed by atoms with Gasteiger partial charge in [-0.2, -0.15) is 0 Å². The first kappa shape index (κ1) is 16.1. The van der Waals surface area contributed by atoms with Crippen molar-refractivity contribution in [3.8, 4) is 0 Å². The van der Waals surface area contributed by atoms with Gasteiger partial charge in [0.25, 0.3) is 0 Å². The van der Waals surface area contributed by atoms with E-state index in [-0.39, 0.29) is 6.17 Å². The smallest absolute Gasteiger partial charge is 0.227 e. The average molecular weight is 358 g/mol. The van der Waals surface area contributed by atoms with Gasteiger partial charge in [0, 0.05) is 28.7 Å². The maximum atomic E-state index is 6.24. The van der Waals surface area contributed by atoms with Crippen LogP contribution in [0.5, 0.6) is 0 Å². The van der Waals surface area contributed by atoms with Crippen molar-refractivity contribution in [3.05, 3.63) is 54.4 Å². The second-order valence-corrected chi connectivity index (χ2v) is 7.41. The molecule has 1 aromatic carbocycles. The van der Waals surface area contributed by atoms with E-state index in [9.17, 15) is 0 Å². The van der Waals surface area contributed by atoms with E-state index in [2.05, 4.69) is 65.9 Å². The molecule has 0 amide bonds. The van der Waals surface area contributed by atoms with Gasteiger partial charge in [0.2, 0.25) is 5.71 Å². The molecule has 0 aliphatic carbocycles. The highest BCUT2D eigenvalue weighted by atomic mass is 16.3. The van der Waals surface area contributed by atoms with E-state index in [0.717, 1.165) is 39.2 Å². The van der Waals surface area contributed by atoms with Crippen LogP contribution in [0.1, 0.15) is 26.5 Å². The van der Waals surface area contributed by atoms with E-state index in [4.69, 9.17) is 9.40 Å². The molecule has 136 valence electrons. The monoisotopic (exact) mass is 358 g/mol. The molecule has 0 saturated heterocycles. The molecule has 0 spiro atoms. The largest absolute Gasteiger partial charge is 0.435 e. The molecular weight excluding hydrogens is 336 g/mol. The standard InChI is InChI=1S/C22H22N4O/c1-13(2)25-15(4)26(21-19(25)9-6-12-23-21)18-8-5-7-16-17-11-10-14(3)24-22(17)27-20(16)18/h5-13,15H,1-4H3. The van der Waals surface area contributed by atoms with Crippen LogP contribution in [0.4, 0.5) is 17.2 Å². The molecule has 0 bridgehead atoms. The molecule has 5 heteroatoms. The highest BCUT2D eigenvalue weighted by molar-refractivity contribution is 6.09. The van der Waals surface area contributed by atoms with E-state index in [0.29, 0.717) is 11.8 Å². The van der Waals surface area contributed by atoms with Gasteiger partial charge in [0.05, 0.1) is 11.4 Å². The zero-order valence-corrected chi connectivity index (χ0v) is 16.0.